The Bertz CT molecular complexity index is 641. The number of nitrogens with zero attached hydrogens (tertiary/aromatic N) is 4. The lowest BCUT2D eigenvalue weighted by Crippen LogP contribution is -2.36. The molecule has 0 spiro atoms. The fraction of sp³-hybridized carbons (Fsp3) is 0.500. The van der Waals surface area contributed by atoms with E-state index in [0.717, 1.165) is 17.5 Å². The van der Waals surface area contributed by atoms with E-state index in [1.807, 2.05) is 18.2 Å². The van der Waals surface area contributed by atoms with Crippen molar-refractivity contribution in [3.05, 3.63) is 48.0 Å². The largest absolute Gasteiger partial charge is 0.401 e. The first-order valence-corrected chi connectivity index (χ1v) is 7.91. The van der Waals surface area contributed by atoms with Gasteiger partial charge in [-0.2, -0.15) is 18.3 Å². The van der Waals surface area contributed by atoms with E-state index in [-0.39, 0.29) is 6.04 Å². The Balaban J connectivity index is 1.48. The lowest BCUT2D eigenvalue weighted by molar-refractivity contribution is -0.143. The summed E-state index contributed by atoms with van der Waals surface area (Å²) in [5.74, 6) is 0. The smallest absolute Gasteiger partial charge is 0.309 e. The summed E-state index contributed by atoms with van der Waals surface area (Å²) >= 11 is 0. The van der Waals surface area contributed by atoms with Crippen LogP contribution in [0.4, 0.5) is 13.2 Å². The summed E-state index contributed by atoms with van der Waals surface area (Å²) in [5, 5.41) is 7.44. The molecule has 1 aliphatic heterocycles. The van der Waals surface area contributed by atoms with E-state index in [0.29, 0.717) is 26.2 Å². The molecule has 0 amide bonds. The highest BCUT2D eigenvalue weighted by atomic mass is 19.4. The lowest BCUT2D eigenvalue weighted by atomic mass is 10.1. The van der Waals surface area contributed by atoms with Gasteiger partial charge in [0.2, 0.25) is 0 Å². The van der Waals surface area contributed by atoms with E-state index in [2.05, 4.69) is 21.5 Å². The van der Waals surface area contributed by atoms with Crippen molar-refractivity contribution in [1.29, 1.82) is 0 Å². The van der Waals surface area contributed by atoms with Gasteiger partial charge in [0.1, 0.15) is 12.7 Å². The van der Waals surface area contributed by atoms with Crippen LogP contribution in [0.1, 0.15) is 17.5 Å². The van der Waals surface area contributed by atoms with E-state index in [1.54, 1.807) is 11.0 Å². The predicted octanol–water partition coefficient (Wildman–Crippen LogP) is 2.05. The molecule has 1 aromatic carbocycles. The maximum atomic E-state index is 12.4. The molecule has 0 radical (unpaired) electrons. The molecule has 1 aliphatic rings. The number of halogens is 3. The molecule has 1 saturated heterocycles. The minimum absolute atomic E-state index is 0.103. The molecule has 2 heterocycles. The highest BCUT2D eigenvalue weighted by Crippen LogP contribution is 2.20. The summed E-state index contributed by atoms with van der Waals surface area (Å²) in [6, 6.07) is 8.20. The Morgan fingerprint density at radius 3 is 2.83 bits per heavy atom. The van der Waals surface area contributed by atoms with Gasteiger partial charge in [0, 0.05) is 25.7 Å². The Kier molecular flexibility index (Phi) is 5.15. The number of benzene rings is 1. The van der Waals surface area contributed by atoms with Gasteiger partial charge in [0.05, 0.1) is 13.1 Å². The zero-order chi connectivity index (χ0) is 17.0. The third-order valence-electron chi connectivity index (χ3n) is 4.07. The molecule has 5 nitrogen and oxygen atoms in total. The minimum atomic E-state index is -4.12. The summed E-state index contributed by atoms with van der Waals surface area (Å²) in [5.41, 5.74) is 2.23. The quantitative estimate of drug-likeness (QED) is 0.875. The van der Waals surface area contributed by atoms with Crippen LogP contribution >= 0.6 is 0 Å². The molecule has 1 N–H and O–H groups in total. The molecule has 8 heteroatoms. The van der Waals surface area contributed by atoms with E-state index >= 15 is 0 Å². The maximum absolute atomic E-state index is 12.4. The minimum Gasteiger partial charge on any atom is -0.309 e. The van der Waals surface area contributed by atoms with E-state index < -0.39 is 12.7 Å². The van der Waals surface area contributed by atoms with Gasteiger partial charge in [0.15, 0.2) is 0 Å². The Morgan fingerprint density at radius 2 is 2.08 bits per heavy atom. The molecule has 3 rings (SSSR count). The van der Waals surface area contributed by atoms with Crippen molar-refractivity contribution in [3.63, 3.8) is 0 Å². The van der Waals surface area contributed by atoms with Crippen molar-refractivity contribution in [2.45, 2.75) is 31.7 Å². The van der Waals surface area contributed by atoms with Gasteiger partial charge < -0.3 is 5.32 Å². The topological polar surface area (TPSA) is 46.0 Å². The number of alkyl halides is 3. The SMILES string of the molecule is FC(F)(F)CN1CC[C@H](NCc2cccc(Cn3cncn3)c2)C1. The summed E-state index contributed by atoms with van der Waals surface area (Å²) in [6.07, 6.45) is -0.212. The second-order valence-corrected chi connectivity index (χ2v) is 6.13. The molecule has 24 heavy (non-hydrogen) atoms. The zero-order valence-corrected chi connectivity index (χ0v) is 13.2. The average Bonchev–Trinajstić information content (AvgIpc) is 3.16. The van der Waals surface area contributed by atoms with Gasteiger partial charge in [-0.25, -0.2) is 9.67 Å². The fourth-order valence-corrected chi connectivity index (χ4v) is 3.00. The summed E-state index contributed by atoms with van der Waals surface area (Å²) in [4.78, 5) is 5.37. The third-order valence-corrected chi connectivity index (χ3v) is 4.07. The number of hydrogen-bond acceptors (Lipinski definition) is 4. The van der Waals surface area contributed by atoms with E-state index in [4.69, 9.17) is 0 Å². The maximum Gasteiger partial charge on any atom is 0.401 e. The van der Waals surface area contributed by atoms with Crippen LogP contribution in [-0.4, -0.2) is 51.5 Å². The van der Waals surface area contributed by atoms with Crippen LogP contribution < -0.4 is 5.32 Å². The van der Waals surface area contributed by atoms with Crippen LogP contribution in [0, 0.1) is 0 Å². The molecule has 1 fully saturated rings. The second-order valence-electron chi connectivity index (χ2n) is 6.13. The monoisotopic (exact) mass is 339 g/mol. The standard InChI is InChI=1S/C16H20F3N5/c17-16(18,19)10-23-5-4-15(9-23)21-7-13-2-1-3-14(6-13)8-24-12-20-11-22-24/h1-3,6,11-12,15,21H,4-5,7-10H2/t15-/m0/s1. The molecule has 0 bridgehead atoms. The van der Waals surface area contributed by atoms with Gasteiger partial charge >= 0.3 is 6.18 Å². The second kappa shape index (κ2) is 7.31. The van der Waals surface area contributed by atoms with Crippen molar-refractivity contribution in [3.8, 4) is 0 Å². The highest BCUT2D eigenvalue weighted by Gasteiger charge is 2.34. The Morgan fingerprint density at radius 1 is 1.25 bits per heavy atom. The molecule has 1 aromatic heterocycles. The summed E-state index contributed by atoms with van der Waals surface area (Å²) < 4.78 is 39.0. The predicted molar refractivity (Wildman–Crippen MR) is 83.3 cm³/mol. The first-order chi connectivity index (χ1) is 11.5. The Hall–Kier alpha value is -1.93. The van der Waals surface area contributed by atoms with Gasteiger partial charge in [0.25, 0.3) is 0 Å². The fourth-order valence-electron chi connectivity index (χ4n) is 3.00. The van der Waals surface area contributed by atoms with E-state index in [9.17, 15) is 13.2 Å². The molecule has 1 atom stereocenters. The first-order valence-electron chi connectivity index (χ1n) is 7.91. The van der Waals surface area contributed by atoms with Crippen LogP contribution in [0.5, 0.6) is 0 Å². The lowest BCUT2D eigenvalue weighted by Gasteiger charge is -2.18. The van der Waals surface area contributed by atoms with Crippen molar-refractivity contribution < 1.29 is 13.2 Å². The number of likely N-dealkylation sites (tertiary alicyclic amines) is 1. The van der Waals surface area contributed by atoms with Gasteiger partial charge in [-0.05, 0) is 17.5 Å². The molecular formula is C16H20F3N5. The number of aromatic nitrogens is 3. The van der Waals surface area contributed by atoms with Gasteiger partial charge in [-0.15, -0.1) is 0 Å². The number of nitrogens with one attached hydrogen (secondary N) is 1. The van der Waals surface area contributed by atoms with Crippen LogP contribution in [0.2, 0.25) is 0 Å². The molecular weight excluding hydrogens is 319 g/mol. The number of hydrogen-bond donors (Lipinski definition) is 1. The van der Waals surface area contributed by atoms with Crippen molar-refractivity contribution in [2.24, 2.45) is 0 Å². The van der Waals surface area contributed by atoms with Crippen LogP contribution in [0.15, 0.2) is 36.9 Å². The zero-order valence-electron chi connectivity index (χ0n) is 13.2. The molecule has 0 saturated carbocycles. The van der Waals surface area contributed by atoms with Crippen LogP contribution in [0.25, 0.3) is 0 Å². The van der Waals surface area contributed by atoms with Crippen LogP contribution in [0.3, 0.4) is 0 Å². The first kappa shape index (κ1) is 16.9. The van der Waals surface area contributed by atoms with Gasteiger partial charge in [-0.1, -0.05) is 24.3 Å². The van der Waals surface area contributed by atoms with Gasteiger partial charge in [-0.3, -0.25) is 4.90 Å². The number of rotatable bonds is 6. The molecule has 0 aliphatic carbocycles. The van der Waals surface area contributed by atoms with Crippen molar-refractivity contribution in [2.75, 3.05) is 19.6 Å². The highest BCUT2D eigenvalue weighted by molar-refractivity contribution is 5.23. The van der Waals surface area contributed by atoms with E-state index in [1.165, 1.54) is 11.2 Å². The van der Waals surface area contributed by atoms with Crippen molar-refractivity contribution >= 4 is 0 Å². The molecule has 0 unspecified atom stereocenters. The molecule has 130 valence electrons. The Labute approximate surface area is 138 Å². The third kappa shape index (κ3) is 5.04. The summed E-state index contributed by atoms with van der Waals surface area (Å²) in [7, 11) is 0. The summed E-state index contributed by atoms with van der Waals surface area (Å²) in [6.45, 7) is 1.41. The molecule has 2 aromatic rings. The average molecular weight is 339 g/mol. The van der Waals surface area contributed by atoms with Crippen molar-refractivity contribution in [1.82, 2.24) is 25.0 Å². The van der Waals surface area contributed by atoms with Crippen LogP contribution in [-0.2, 0) is 13.1 Å². The normalized spacial score (nSPS) is 19.0.